The van der Waals surface area contributed by atoms with E-state index in [0.29, 0.717) is 33.9 Å². The predicted molar refractivity (Wildman–Crippen MR) is 156 cm³/mol. The number of anilines is 2. The summed E-state index contributed by atoms with van der Waals surface area (Å²) in [4.78, 5) is 24.6. The lowest BCUT2D eigenvalue weighted by Crippen LogP contribution is -2.29. The Morgan fingerprint density at radius 2 is 1.79 bits per heavy atom. The van der Waals surface area contributed by atoms with Gasteiger partial charge in [0.05, 0.1) is 40.3 Å². The number of carbonyl (C=O) groups excluding carboxylic acids is 1. The Morgan fingerprint density at radius 1 is 1.03 bits per heavy atom. The van der Waals surface area contributed by atoms with Crippen molar-refractivity contribution in [3.8, 4) is 6.07 Å². The first-order valence-corrected chi connectivity index (χ1v) is 14.4. The molecule has 190 valence electrons. The van der Waals surface area contributed by atoms with Crippen LogP contribution in [0.3, 0.4) is 0 Å². The average Bonchev–Trinajstić information content (AvgIpc) is 3.65. The van der Waals surface area contributed by atoms with E-state index in [1.807, 2.05) is 67.7 Å². The van der Waals surface area contributed by atoms with Gasteiger partial charge in [0.15, 0.2) is 5.17 Å². The molecule has 3 aliphatic rings. The number of thioether (sulfide) groups is 2. The summed E-state index contributed by atoms with van der Waals surface area (Å²) in [7, 11) is 2.01. The first-order valence-electron chi connectivity index (χ1n) is 12.8. The summed E-state index contributed by atoms with van der Waals surface area (Å²) >= 11 is 3.03. The molecule has 3 aromatic rings. The van der Waals surface area contributed by atoms with E-state index in [9.17, 15) is 10.1 Å². The van der Waals surface area contributed by atoms with Gasteiger partial charge in [-0.1, -0.05) is 67.1 Å². The summed E-state index contributed by atoms with van der Waals surface area (Å²) in [6.45, 7) is 0.424. The number of hydrogen-bond donors (Lipinski definition) is 1. The van der Waals surface area contributed by atoms with E-state index in [1.165, 1.54) is 24.6 Å². The van der Waals surface area contributed by atoms with Crippen LogP contribution in [-0.4, -0.2) is 29.1 Å². The summed E-state index contributed by atoms with van der Waals surface area (Å²) < 4.78 is 0. The predicted octanol–water partition coefficient (Wildman–Crippen LogP) is 7.09. The lowest BCUT2D eigenvalue weighted by atomic mass is 10.1. The lowest BCUT2D eigenvalue weighted by Gasteiger charge is -2.18. The monoisotopic (exact) mass is 537 g/mol. The maximum absolute atomic E-state index is 13.9. The van der Waals surface area contributed by atoms with Crippen molar-refractivity contribution >= 4 is 51.7 Å². The maximum Gasteiger partial charge on any atom is 0.269 e. The molecule has 8 heteroatoms. The lowest BCUT2D eigenvalue weighted by molar-refractivity contribution is -0.122. The Kier molecular flexibility index (Phi) is 6.88. The number of benzene rings is 3. The van der Waals surface area contributed by atoms with Gasteiger partial charge in [0, 0.05) is 18.0 Å². The number of nitrogens with zero attached hydrogens (tertiary/aromatic N) is 4. The van der Waals surface area contributed by atoms with Gasteiger partial charge in [-0.3, -0.25) is 9.69 Å². The number of amides is 1. The maximum atomic E-state index is 13.9. The number of fused-ring (bicyclic) bond motifs is 1. The third kappa shape index (κ3) is 4.80. The number of rotatable bonds is 5. The second-order valence-electron chi connectivity index (χ2n) is 9.61. The number of nitriles is 1. The Balaban J connectivity index is 1.41. The molecule has 0 atom stereocenters. The standard InChI is InChI=1S/C30H27N5OS2/c1-34-25-13-7-8-14-26(25)37-29(34)27-28(36)35(19-20-9-3-2-4-10-20)30(38-27)33-24-17-21(18-31)15-16-23(24)32-22-11-5-6-12-22/h2-4,7-10,13-17,22,32H,5-6,11-12,19H2,1H3. The van der Waals surface area contributed by atoms with Crippen molar-refractivity contribution in [2.75, 3.05) is 17.3 Å². The van der Waals surface area contributed by atoms with Crippen LogP contribution in [0.2, 0.25) is 0 Å². The molecule has 0 radical (unpaired) electrons. The molecule has 1 N–H and O–H groups in total. The van der Waals surface area contributed by atoms with Crippen molar-refractivity contribution in [2.45, 2.75) is 43.2 Å². The zero-order valence-electron chi connectivity index (χ0n) is 21.1. The molecule has 2 aliphatic heterocycles. The van der Waals surface area contributed by atoms with E-state index >= 15 is 0 Å². The van der Waals surface area contributed by atoms with Gasteiger partial charge in [-0.05, 0) is 60.5 Å². The van der Waals surface area contributed by atoms with E-state index in [1.54, 1.807) is 16.7 Å². The Morgan fingerprint density at radius 3 is 2.55 bits per heavy atom. The molecule has 1 saturated carbocycles. The smallest absolute Gasteiger partial charge is 0.269 e. The molecular weight excluding hydrogens is 510 g/mol. The number of aliphatic imine (C=N–C) groups is 1. The summed E-state index contributed by atoms with van der Waals surface area (Å²) in [5, 5.41) is 14.8. The highest BCUT2D eigenvalue weighted by Crippen LogP contribution is 2.50. The van der Waals surface area contributed by atoms with Crippen LogP contribution < -0.4 is 10.2 Å². The van der Waals surface area contributed by atoms with Gasteiger partial charge in [0.2, 0.25) is 0 Å². The third-order valence-electron chi connectivity index (χ3n) is 7.04. The zero-order valence-corrected chi connectivity index (χ0v) is 22.7. The van der Waals surface area contributed by atoms with E-state index in [4.69, 9.17) is 4.99 Å². The molecule has 2 heterocycles. The molecule has 1 aliphatic carbocycles. The molecule has 0 bridgehead atoms. The number of carbonyl (C=O) groups is 1. The van der Waals surface area contributed by atoms with Crippen LogP contribution in [0.25, 0.3) is 0 Å². The van der Waals surface area contributed by atoms with Crippen LogP contribution in [-0.2, 0) is 11.3 Å². The highest BCUT2D eigenvalue weighted by Gasteiger charge is 2.39. The number of nitrogens with one attached hydrogen (secondary N) is 1. The van der Waals surface area contributed by atoms with Crippen molar-refractivity contribution < 1.29 is 4.79 Å². The van der Waals surface area contributed by atoms with Crippen LogP contribution in [0, 0.1) is 11.3 Å². The Labute approximate surface area is 231 Å². The van der Waals surface area contributed by atoms with Gasteiger partial charge in [-0.25, -0.2) is 4.99 Å². The van der Waals surface area contributed by atoms with Gasteiger partial charge >= 0.3 is 0 Å². The zero-order chi connectivity index (χ0) is 26.1. The SMILES string of the molecule is CN1C(=C2SC(=Nc3cc(C#N)ccc3NC3CCCC3)N(Cc3ccccc3)C2=O)Sc2ccccc21. The van der Waals surface area contributed by atoms with E-state index in [0.717, 1.165) is 39.7 Å². The summed E-state index contributed by atoms with van der Waals surface area (Å²) in [6, 6.07) is 26.4. The number of amidine groups is 1. The van der Waals surface area contributed by atoms with Gasteiger partial charge in [0.25, 0.3) is 5.91 Å². The second-order valence-corrected chi connectivity index (χ2v) is 11.6. The largest absolute Gasteiger partial charge is 0.381 e. The van der Waals surface area contributed by atoms with E-state index in [2.05, 4.69) is 28.4 Å². The van der Waals surface area contributed by atoms with Crippen LogP contribution in [0.15, 0.2) is 92.6 Å². The Bertz CT molecular complexity index is 1490. The summed E-state index contributed by atoms with van der Waals surface area (Å²) in [5.41, 5.74) is 4.26. The summed E-state index contributed by atoms with van der Waals surface area (Å²) in [5.74, 6) is -0.0542. The molecular formula is C30H27N5OS2. The molecule has 0 spiro atoms. The van der Waals surface area contributed by atoms with Crippen LogP contribution in [0.4, 0.5) is 17.1 Å². The van der Waals surface area contributed by atoms with Crippen molar-refractivity contribution in [2.24, 2.45) is 4.99 Å². The average molecular weight is 538 g/mol. The molecule has 0 unspecified atom stereocenters. The quantitative estimate of drug-likeness (QED) is 0.351. The van der Waals surface area contributed by atoms with E-state index < -0.39 is 0 Å². The summed E-state index contributed by atoms with van der Waals surface area (Å²) in [6.07, 6.45) is 4.70. The fourth-order valence-electron chi connectivity index (χ4n) is 5.03. The minimum Gasteiger partial charge on any atom is -0.381 e. The molecule has 1 amide bonds. The number of para-hydroxylation sites is 1. The van der Waals surface area contributed by atoms with Crippen LogP contribution in [0.5, 0.6) is 0 Å². The first kappa shape index (κ1) is 24.7. The van der Waals surface area contributed by atoms with Gasteiger partial charge in [-0.2, -0.15) is 5.26 Å². The Hall–Kier alpha value is -3.67. The molecule has 6 rings (SSSR count). The first-order chi connectivity index (χ1) is 18.6. The van der Waals surface area contributed by atoms with E-state index in [-0.39, 0.29) is 5.91 Å². The topological polar surface area (TPSA) is 71.7 Å². The molecule has 1 saturated heterocycles. The van der Waals surface area contributed by atoms with Gasteiger partial charge in [-0.15, -0.1) is 0 Å². The van der Waals surface area contributed by atoms with Gasteiger partial charge < -0.3 is 10.2 Å². The third-order valence-corrected chi connectivity index (χ3v) is 9.47. The fourth-order valence-corrected chi connectivity index (χ4v) is 7.37. The molecule has 6 nitrogen and oxygen atoms in total. The highest BCUT2D eigenvalue weighted by atomic mass is 32.2. The molecule has 3 aromatic carbocycles. The van der Waals surface area contributed by atoms with Crippen LogP contribution >= 0.6 is 23.5 Å². The molecule has 38 heavy (non-hydrogen) atoms. The van der Waals surface area contributed by atoms with Crippen LogP contribution in [0.1, 0.15) is 36.8 Å². The minimum absolute atomic E-state index is 0.0542. The van der Waals surface area contributed by atoms with Crippen molar-refractivity contribution in [3.63, 3.8) is 0 Å². The van der Waals surface area contributed by atoms with Crippen molar-refractivity contribution in [3.05, 3.63) is 93.9 Å². The van der Waals surface area contributed by atoms with Gasteiger partial charge in [0.1, 0.15) is 4.91 Å². The minimum atomic E-state index is -0.0542. The molecule has 0 aromatic heterocycles. The highest BCUT2D eigenvalue weighted by molar-refractivity contribution is 8.19. The van der Waals surface area contributed by atoms with Crippen molar-refractivity contribution in [1.82, 2.24) is 4.90 Å². The molecule has 2 fully saturated rings. The van der Waals surface area contributed by atoms with Crippen molar-refractivity contribution in [1.29, 1.82) is 5.26 Å². The number of hydrogen-bond acceptors (Lipinski definition) is 7. The normalized spacial score (nSPS) is 20.3. The fraction of sp³-hybridized carbons (Fsp3) is 0.233. The second kappa shape index (κ2) is 10.6.